The van der Waals surface area contributed by atoms with E-state index in [-0.39, 0.29) is 36.1 Å². The largest absolute Gasteiger partial charge is 0.466 e. The number of carbonyl (C=O) groups is 2. The van der Waals surface area contributed by atoms with Crippen LogP contribution in [0, 0.1) is 5.82 Å². The molecule has 0 radical (unpaired) electrons. The van der Waals surface area contributed by atoms with Gasteiger partial charge in [-0.15, -0.1) is 0 Å². The molecule has 0 amide bonds. The summed E-state index contributed by atoms with van der Waals surface area (Å²) < 4.78 is 30.7. The molecule has 3 aliphatic rings. The number of hydrogen-bond acceptors (Lipinski definition) is 6. The lowest BCUT2D eigenvalue weighted by molar-refractivity contribution is -0.136. The molecular weight excluding hydrogens is 413 g/mol. The summed E-state index contributed by atoms with van der Waals surface area (Å²) in [6, 6.07) is 11.9. The van der Waals surface area contributed by atoms with E-state index in [0.29, 0.717) is 34.9 Å². The van der Waals surface area contributed by atoms with Gasteiger partial charge in [-0.2, -0.15) is 0 Å². The van der Waals surface area contributed by atoms with Gasteiger partial charge in [0.25, 0.3) is 0 Å². The quantitative estimate of drug-likeness (QED) is 0.733. The molecule has 0 fully saturated rings. The molecule has 2 heterocycles. The Morgan fingerprint density at radius 3 is 2.69 bits per heavy atom. The summed E-state index contributed by atoms with van der Waals surface area (Å²) in [6.07, 6.45) is 0.802. The molecular formula is C25H22FNO5. The monoisotopic (exact) mass is 435 g/mol. The zero-order valence-electron chi connectivity index (χ0n) is 17.7. The van der Waals surface area contributed by atoms with E-state index in [0.717, 1.165) is 5.56 Å². The van der Waals surface area contributed by atoms with Gasteiger partial charge >= 0.3 is 5.97 Å². The third-order valence-corrected chi connectivity index (χ3v) is 6.32. The predicted octanol–water partition coefficient (Wildman–Crippen LogP) is 4.09. The number of Topliss-reactive ketones (excluding diaryl/α,β-unsaturated/α-hetero) is 1. The number of nitrogens with one attached hydrogen (secondary N) is 1. The van der Waals surface area contributed by atoms with Crippen molar-refractivity contribution in [3.8, 4) is 11.5 Å². The van der Waals surface area contributed by atoms with Crippen LogP contribution in [0.2, 0.25) is 0 Å². The third-order valence-electron chi connectivity index (χ3n) is 6.32. The van der Waals surface area contributed by atoms with Crippen LogP contribution in [0.25, 0.3) is 0 Å². The number of esters is 1. The maximum absolute atomic E-state index is 14.8. The fourth-order valence-electron chi connectivity index (χ4n) is 4.84. The van der Waals surface area contributed by atoms with Gasteiger partial charge < -0.3 is 19.5 Å². The Kier molecular flexibility index (Phi) is 4.96. The van der Waals surface area contributed by atoms with E-state index in [1.165, 1.54) is 13.2 Å². The van der Waals surface area contributed by atoms with Crippen LogP contribution in [0.3, 0.4) is 0 Å². The molecule has 2 aromatic rings. The maximum Gasteiger partial charge on any atom is 0.336 e. The lowest BCUT2D eigenvalue weighted by Crippen LogP contribution is -2.36. The van der Waals surface area contributed by atoms with Crippen LogP contribution in [0.4, 0.5) is 4.39 Å². The van der Waals surface area contributed by atoms with Crippen molar-refractivity contribution in [2.24, 2.45) is 0 Å². The average Bonchev–Trinajstić information content (AvgIpc) is 3.26. The first-order chi connectivity index (χ1) is 15.5. The van der Waals surface area contributed by atoms with Crippen LogP contribution < -0.4 is 14.8 Å². The standard InChI is InChI=1S/C25H22FNO5/c1-13-22(25(29)30-2)23(16-5-3-4-6-17(16)26)24-18(27-13)9-15(10-19(24)28)14-7-8-20-21(11-14)32-12-31-20/h3-8,11,15,23,27H,9-10,12H2,1-2H3/t15-,23-/m1/s1. The maximum atomic E-state index is 14.8. The minimum Gasteiger partial charge on any atom is -0.466 e. The van der Waals surface area contributed by atoms with Crippen LogP contribution in [0.5, 0.6) is 11.5 Å². The summed E-state index contributed by atoms with van der Waals surface area (Å²) in [5.74, 6) is -0.704. The van der Waals surface area contributed by atoms with E-state index in [2.05, 4.69) is 5.32 Å². The zero-order valence-corrected chi connectivity index (χ0v) is 17.7. The van der Waals surface area contributed by atoms with Crippen molar-refractivity contribution in [1.82, 2.24) is 5.32 Å². The molecule has 32 heavy (non-hydrogen) atoms. The molecule has 0 aromatic heterocycles. The highest BCUT2D eigenvalue weighted by Crippen LogP contribution is 2.47. The van der Waals surface area contributed by atoms with Crippen LogP contribution in [0.1, 0.15) is 42.7 Å². The number of methoxy groups -OCH3 is 1. The third kappa shape index (κ3) is 3.25. The van der Waals surface area contributed by atoms with Gasteiger partial charge in [0.1, 0.15) is 5.82 Å². The topological polar surface area (TPSA) is 73.9 Å². The predicted molar refractivity (Wildman–Crippen MR) is 114 cm³/mol. The van der Waals surface area contributed by atoms with Gasteiger partial charge in [0.05, 0.1) is 18.6 Å². The van der Waals surface area contributed by atoms with E-state index in [1.807, 2.05) is 18.2 Å². The number of carbonyl (C=O) groups excluding carboxylic acids is 2. The summed E-state index contributed by atoms with van der Waals surface area (Å²) in [5.41, 5.74) is 3.21. The average molecular weight is 435 g/mol. The van der Waals surface area contributed by atoms with Crippen LogP contribution in [-0.2, 0) is 14.3 Å². The lowest BCUT2D eigenvalue weighted by atomic mass is 9.71. The van der Waals surface area contributed by atoms with E-state index >= 15 is 0 Å². The van der Waals surface area contributed by atoms with Crippen molar-refractivity contribution in [2.75, 3.05) is 13.9 Å². The fourth-order valence-corrected chi connectivity index (χ4v) is 4.84. The van der Waals surface area contributed by atoms with Crippen molar-refractivity contribution < 1.29 is 28.2 Å². The van der Waals surface area contributed by atoms with Crippen LogP contribution in [0.15, 0.2) is 65.0 Å². The second-order valence-corrected chi connectivity index (χ2v) is 8.14. The summed E-state index contributed by atoms with van der Waals surface area (Å²) in [5, 5.41) is 3.24. The van der Waals surface area contributed by atoms with Gasteiger partial charge in [-0.3, -0.25) is 4.79 Å². The zero-order chi connectivity index (χ0) is 22.4. The summed E-state index contributed by atoms with van der Waals surface area (Å²) >= 11 is 0. The van der Waals surface area contributed by atoms with Crippen molar-refractivity contribution in [2.45, 2.75) is 31.6 Å². The minimum absolute atomic E-state index is 0.0722. The van der Waals surface area contributed by atoms with Crippen LogP contribution >= 0.6 is 0 Å². The number of fused-ring (bicyclic) bond motifs is 1. The Bertz CT molecular complexity index is 1200. The van der Waals surface area contributed by atoms with E-state index in [9.17, 15) is 14.0 Å². The molecule has 0 saturated carbocycles. The molecule has 0 spiro atoms. The van der Waals surface area contributed by atoms with Crippen molar-refractivity contribution in [3.05, 3.63) is 81.9 Å². The summed E-state index contributed by atoms with van der Waals surface area (Å²) in [6.45, 7) is 1.93. The first-order valence-corrected chi connectivity index (χ1v) is 10.4. The molecule has 164 valence electrons. The van der Waals surface area contributed by atoms with Gasteiger partial charge in [-0.1, -0.05) is 24.3 Å². The van der Waals surface area contributed by atoms with Gasteiger partial charge in [-0.25, -0.2) is 9.18 Å². The van der Waals surface area contributed by atoms with Gasteiger partial charge in [0, 0.05) is 29.0 Å². The molecule has 1 aliphatic carbocycles. The Balaban J connectivity index is 1.58. The van der Waals surface area contributed by atoms with E-state index in [1.54, 1.807) is 25.1 Å². The second-order valence-electron chi connectivity index (χ2n) is 8.14. The molecule has 6 nitrogen and oxygen atoms in total. The molecule has 0 saturated heterocycles. The molecule has 0 unspecified atom stereocenters. The van der Waals surface area contributed by atoms with E-state index < -0.39 is 17.7 Å². The second kappa shape index (κ2) is 7.82. The lowest BCUT2D eigenvalue weighted by Gasteiger charge is -2.36. The highest BCUT2D eigenvalue weighted by molar-refractivity contribution is 6.04. The normalized spacial score (nSPS) is 21.9. The number of ketones is 1. The van der Waals surface area contributed by atoms with Gasteiger partial charge in [0.15, 0.2) is 17.3 Å². The number of benzene rings is 2. The van der Waals surface area contributed by atoms with Gasteiger partial charge in [-0.05, 0) is 43.0 Å². The Morgan fingerprint density at radius 1 is 1.12 bits per heavy atom. The first kappa shape index (κ1) is 20.3. The highest BCUT2D eigenvalue weighted by atomic mass is 19.1. The number of hydrogen-bond donors (Lipinski definition) is 1. The van der Waals surface area contributed by atoms with Gasteiger partial charge in [0.2, 0.25) is 6.79 Å². The molecule has 7 heteroatoms. The SMILES string of the molecule is COC(=O)C1=C(C)NC2=C(C(=O)C[C@H](c3ccc4c(c3)OCO4)C2)[C@@H]1c1ccccc1F. The molecule has 5 rings (SSSR count). The molecule has 0 bridgehead atoms. The fraction of sp³-hybridized carbons (Fsp3) is 0.280. The number of dihydropyridines is 1. The number of halogens is 1. The van der Waals surface area contributed by atoms with Crippen LogP contribution in [-0.4, -0.2) is 25.7 Å². The molecule has 2 aliphatic heterocycles. The first-order valence-electron chi connectivity index (χ1n) is 10.4. The molecule has 2 atom stereocenters. The minimum atomic E-state index is -0.815. The molecule has 2 aromatic carbocycles. The number of allylic oxidation sites excluding steroid dienone is 3. The van der Waals surface area contributed by atoms with Crippen molar-refractivity contribution in [3.63, 3.8) is 0 Å². The molecule has 1 N–H and O–H groups in total. The number of ether oxygens (including phenoxy) is 3. The highest BCUT2D eigenvalue weighted by Gasteiger charge is 2.42. The van der Waals surface area contributed by atoms with Crippen molar-refractivity contribution >= 4 is 11.8 Å². The summed E-state index contributed by atoms with van der Waals surface area (Å²) in [4.78, 5) is 26.1. The Labute approximate surface area is 184 Å². The number of rotatable bonds is 3. The van der Waals surface area contributed by atoms with Crippen molar-refractivity contribution in [1.29, 1.82) is 0 Å². The Hall–Kier alpha value is -3.61. The Morgan fingerprint density at radius 2 is 1.91 bits per heavy atom. The smallest absolute Gasteiger partial charge is 0.336 e. The van der Waals surface area contributed by atoms with E-state index in [4.69, 9.17) is 14.2 Å². The summed E-state index contributed by atoms with van der Waals surface area (Å²) in [7, 11) is 1.28.